The van der Waals surface area contributed by atoms with Gasteiger partial charge in [0.15, 0.2) is 0 Å². The number of amides is 1. The maximum absolute atomic E-state index is 12.9. The molecule has 1 amide bonds. The van der Waals surface area contributed by atoms with E-state index in [4.69, 9.17) is 11.6 Å². The van der Waals surface area contributed by atoms with Gasteiger partial charge in [0, 0.05) is 6.54 Å². The van der Waals surface area contributed by atoms with Crippen LogP contribution in [0.25, 0.3) is 0 Å². The van der Waals surface area contributed by atoms with Crippen LogP contribution in [0, 0.1) is 28.6 Å². The van der Waals surface area contributed by atoms with Crippen molar-refractivity contribution < 1.29 is 4.79 Å². The van der Waals surface area contributed by atoms with Crippen molar-refractivity contribution in [2.24, 2.45) is 28.6 Å². The summed E-state index contributed by atoms with van der Waals surface area (Å²) in [6.45, 7) is 7.40. The van der Waals surface area contributed by atoms with Crippen molar-refractivity contribution >= 4 is 17.5 Å². The maximum Gasteiger partial charge on any atom is 0.226 e. The van der Waals surface area contributed by atoms with E-state index in [0.717, 1.165) is 37.5 Å². The molecular weight excluding hydrogens is 282 g/mol. The number of hydrogen-bond donors (Lipinski definition) is 1. The first-order chi connectivity index (χ1) is 9.80. The van der Waals surface area contributed by atoms with Crippen molar-refractivity contribution in [2.75, 3.05) is 6.54 Å². The Morgan fingerprint density at radius 2 is 1.86 bits per heavy atom. The van der Waals surface area contributed by atoms with Crippen LogP contribution in [-0.4, -0.2) is 17.8 Å². The number of halogens is 1. The highest BCUT2D eigenvalue weighted by Crippen LogP contribution is 2.65. The Labute approximate surface area is 134 Å². The highest BCUT2D eigenvalue weighted by Gasteiger charge is 2.58. The van der Waals surface area contributed by atoms with E-state index in [1.54, 1.807) is 0 Å². The molecule has 4 saturated carbocycles. The lowest BCUT2D eigenvalue weighted by molar-refractivity contribution is -0.155. The van der Waals surface area contributed by atoms with E-state index in [1.165, 1.54) is 19.3 Å². The molecule has 21 heavy (non-hydrogen) atoms. The molecule has 4 aliphatic carbocycles. The molecule has 0 heterocycles. The number of rotatable bonds is 5. The first-order valence-corrected chi connectivity index (χ1v) is 9.16. The Kier molecular flexibility index (Phi) is 4.05. The summed E-state index contributed by atoms with van der Waals surface area (Å²) >= 11 is 6.34. The summed E-state index contributed by atoms with van der Waals surface area (Å²) < 4.78 is 0. The average Bonchev–Trinajstić information content (AvgIpc) is 2.31. The van der Waals surface area contributed by atoms with Crippen molar-refractivity contribution in [3.05, 3.63) is 0 Å². The van der Waals surface area contributed by atoms with Gasteiger partial charge in [0.05, 0.1) is 10.8 Å². The second-order valence-corrected chi connectivity index (χ2v) is 9.61. The van der Waals surface area contributed by atoms with Gasteiger partial charge in [0.25, 0.3) is 0 Å². The van der Waals surface area contributed by atoms with E-state index in [2.05, 4.69) is 26.1 Å². The predicted octanol–water partition coefficient (Wildman–Crippen LogP) is 4.36. The van der Waals surface area contributed by atoms with Gasteiger partial charge in [-0.25, -0.2) is 0 Å². The quantitative estimate of drug-likeness (QED) is 0.751. The minimum absolute atomic E-state index is 0.0622. The summed E-state index contributed by atoms with van der Waals surface area (Å²) in [7, 11) is 0. The Balaban J connectivity index is 1.62. The SMILES string of the molecule is CC(C)CC(Cl)CNC(=O)C12CC3CC(CC(C)(C3)C1)C2. The molecule has 3 unspecified atom stereocenters. The second-order valence-electron chi connectivity index (χ2n) is 8.99. The zero-order valence-corrected chi connectivity index (χ0v) is 14.5. The first kappa shape index (κ1) is 15.6. The van der Waals surface area contributed by atoms with Crippen LogP contribution in [0.5, 0.6) is 0 Å². The van der Waals surface area contributed by atoms with Crippen LogP contribution in [0.15, 0.2) is 0 Å². The zero-order valence-electron chi connectivity index (χ0n) is 13.8. The molecular formula is C18H30ClNO. The summed E-state index contributed by atoms with van der Waals surface area (Å²) in [6, 6.07) is 0. The van der Waals surface area contributed by atoms with E-state index >= 15 is 0 Å². The van der Waals surface area contributed by atoms with Crippen molar-refractivity contribution in [2.45, 2.75) is 71.1 Å². The topological polar surface area (TPSA) is 29.1 Å². The lowest BCUT2D eigenvalue weighted by Gasteiger charge is -2.60. The van der Waals surface area contributed by atoms with Gasteiger partial charge in [-0.2, -0.15) is 0 Å². The fourth-order valence-corrected chi connectivity index (χ4v) is 6.41. The Bertz CT molecular complexity index is 405. The second kappa shape index (κ2) is 5.44. The first-order valence-electron chi connectivity index (χ1n) is 8.73. The lowest BCUT2D eigenvalue weighted by atomic mass is 9.44. The van der Waals surface area contributed by atoms with Crippen molar-refractivity contribution in [1.82, 2.24) is 5.32 Å². The molecule has 0 radical (unpaired) electrons. The minimum atomic E-state index is -0.0622. The largest absolute Gasteiger partial charge is 0.354 e. The highest BCUT2D eigenvalue weighted by molar-refractivity contribution is 6.20. The number of nitrogens with one attached hydrogen (secondary N) is 1. The molecule has 0 saturated heterocycles. The molecule has 3 heteroatoms. The van der Waals surface area contributed by atoms with Gasteiger partial charge in [-0.15, -0.1) is 11.6 Å². The third-order valence-corrected chi connectivity index (χ3v) is 6.38. The van der Waals surface area contributed by atoms with E-state index < -0.39 is 0 Å². The fraction of sp³-hybridized carbons (Fsp3) is 0.944. The summed E-state index contributed by atoms with van der Waals surface area (Å²) in [5.74, 6) is 2.48. The summed E-state index contributed by atoms with van der Waals surface area (Å²) in [5, 5.41) is 3.26. The standard InChI is InChI=1S/C18H30ClNO/c1-12(2)4-15(19)10-20-16(21)18-8-13-5-14(9-18)7-17(3,6-13)11-18/h12-15H,4-11H2,1-3H3,(H,20,21). The van der Waals surface area contributed by atoms with Crippen LogP contribution in [0.4, 0.5) is 0 Å². The summed E-state index contributed by atoms with van der Waals surface area (Å²) in [6.07, 6.45) is 8.40. The zero-order chi connectivity index (χ0) is 15.3. The molecule has 4 rings (SSSR count). The van der Waals surface area contributed by atoms with Gasteiger partial charge in [-0.05, 0) is 68.1 Å². The molecule has 0 aliphatic heterocycles. The molecule has 4 bridgehead atoms. The average molecular weight is 312 g/mol. The van der Waals surface area contributed by atoms with Crippen LogP contribution < -0.4 is 5.32 Å². The van der Waals surface area contributed by atoms with E-state index in [1.807, 2.05) is 0 Å². The number of carbonyl (C=O) groups excluding carboxylic acids is 1. The third-order valence-electron chi connectivity index (χ3n) is 6.05. The van der Waals surface area contributed by atoms with Gasteiger partial charge < -0.3 is 5.32 Å². The van der Waals surface area contributed by atoms with E-state index in [-0.39, 0.29) is 10.8 Å². The Hall–Kier alpha value is -0.240. The lowest BCUT2D eigenvalue weighted by Crippen LogP contribution is -2.57. The number of hydrogen-bond acceptors (Lipinski definition) is 1. The highest BCUT2D eigenvalue weighted by atomic mass is 35.5. The molecule has 120 valence electrons. The van der Waals surface area contributed by atoms with Gasteiger partial charge in [-0.1, -0.05) is 20.8 Å². The summed E-state index contributed by atoms with van der Waals surface area (Å²) in [5.41, 5.74) is 0.368. The Morgan fingerprint density at radius 1 is 1.24 bits per heavy atom. The molecule has 0 aromatic heterocycles. The molecule has 4 aliphatic rings. The smallest absolute Gasteiger partial charge is 0.226 e. The van der Waals surface area contributed by atoms with Crippen LogP contribution in [0.2, 0.25) is 0 Å². The predicted molar refractivity (Wildman–Crippen MR) is 87.3 cm³/mol. The van der Waals surface area contributed by atoms with Crippen LogP contribution in [0.1, 0.15) is 65.7 Å². The molecule has 0 spiro atoms. The third kappa shape index (κ3) is 3.11. The molecule has 2 nitrogen and oxygen atoms in total. The van der Waals surface area contributed by atoms with E-state index in [9.17, 15) is 4.79 Å². The fourth-order valence-electron chi connectivity index (χ4n) is 5.97. The van der Waals surface area contributed by atoms with Gasteiger partial charge in [0.1, 0.15) is 0 Å². The van der Waals surface area contributed by atoms with Crippen molar-refractivity contribution in [1.29, 1.82) is 0 Å². The molecule has 0 aromatic rings. The van der Waals surface area contributed by atoms with Crippen LogP contribution in [-0.2, 0) is 4.79 Å². The number of carbonyl (C=O) groups is 1. The van der Waals surface area contributed by atoms with Crippen LogP contribution >= 0.6 is 11.6 Å². The minimum Gasteiger partial charge on any atom is -0.354 e. The normalized spacial score (nSPS) is 42.3. The molecule has 0 aromatic carbocycles. The molecule has 1 N–H and O–H groups in total. The molecule has 4 fully saturated rings. The van der Waals surface area contributed by atoms with Crippen molar-refractivity contribution in [3.8, 4) is 0 Å². The van der Waals surface area contributed by atoms with E-state index in [0.29, 0.717) is 23.8 Å². The van der Waals surface area contributed by atoms with Crippen LogP contribution in [0.3, 0.4) is 0 Å². The van der Waals surface area contributed by atoms with Gasteiger partial charge >= 0.3 is 0 Å². The Morgan fingerprint density at radius 3 is 2.38 bits per heavy atom. The van der Waals surface area contributed by atoms with Crippen molar-refractivity contribution in [3.63, 3.8) is 0 Å². The molecule has 3 atom stereocenters. The van der Waals surface area contributed by atoms with Gasteiger partial charge in [-0.3, -0.25) is 4.79 Å². The van der Waals surface area contributed by atoms with Gasteiger partial charge in [0.2, 0.25) is 5.91 Å². The monoisotopic (exact) mass is 311 g/mol. The number of alkyl halides is 1. The maximum atomic E-state index is 12.9. The summed E-state index contributed by atoms with van der Waals surface area (Å²) in [4.78, 5) is 12.9.